The number of allylic oxidation sites excluding steroid dienone is 21. The summed E-state index contributed by atoms with van der Waals surface area (Å²) in [6.07, 6.45) is 96.5. The second-order valence-electron chi connectivity index (χ2n) is 22.0. The van der Waals surface area contributed by atoms with Crippen molar-refractivity contribution in [2.24, 2.45) is 0 Å². The molecule has 0 radical (unpaired) electrons. The van der Waals surface area contributed by atoms with Crippen molar-refractivity contribution in [1.82, 2.24) is 0 Å². The third kappa shape index (κ3) is 66.2. The summed E-state index contributed by atoms with van der Waals surface area (Å²) in [5.41, 5.74) is 0. The van der Waals surface area contributed by atoms with Gasteiger partial charge in [0.1, 0.15) is 13.2 Å². The van der Waals surface area contributed by atoms with E-state index in [1.165, 1.54) is 154 Å². The molecule has 0 saturated heterocycles. The van der Waals surface area contributed by atoms with Crippen molar-refractivity contribution < 1.29 is 28.6 Å². The molecule has 1 unspecified atom stereocenters. The molecule has 0 fully saturated rings. The number of carbonyl (C=O) groups excluding carboxylic acids is 3. The van der Waals surface area contributed by atoms with Crippen molar-refractivity contribution in [2.75, 3.05) is 13.2 Å². The first-order valence-corrected chi connectivity index (χ1v) is 33.7. The van der Waals surface area contributed by atoms with Crippen LogP contribution in [0.3, 0.4) is 0 Å². The largest absolute Gasteiger partial charge is 0.462 e. The van der Waals surface area contributed by atoms with Crippen LogP contribution in [0.1, 0.15) is 303 Å². The quantitative estimate of drug-likeness (QED) is 0.0261. The standard InChI is InChI=1S/C75H124O6/c1-4-7-10-13-16-19-22-25-28-29-30-31-32-33-34-35-36-37-38-39-40-41-42-43-44-45-48-50-53-56-59-62-65-68-74(77)80-71-72(81-75(78)69-66-63-60-57-54-51-47-27-24-21-18-15-12-9-6-3)70-79-73(76)67-64-61-58-55-52-49-46-26-23-20-17-14-11-8-5-2/h7,9-10,12,16,18-19,21,25,27-28,30-31,33-34,36-37,47,54,57,63,66,72H,4-6,8,11,13-15,17,20,22-24,26,29,32,35,38-46,48-53,55-56,58-62,64-65,67-71H2,1-3H3/b10-7-,12-9-,19-16-,21-18-,28-25-,31-30-,34-33-,37-36-,47-27-,57-54-,66-63-. The normalized spacial score (nSPS) is 13.0. The summed E-state index contributed by atoms with van der Waals surface area (Å²) in [7, 11) is 0. The van der Waals surface area contributed by atoms with E-state index in [0.717, 1.165) is 109 Å². The van der Waals surface area contributed by atoms with Gasteiger partial charge in [-0.25, -0.2) is 0 Å². The Morgan fingerprint density at radius 1 is 0.272 bits per heavy atom. The molecule has 0 bridgehead atoms. The zero-order valence-corrected chi connectivity index (χ0v) is 52.8. The van der Waals surface area contributed by atoms with Gasteiger partial charge in [-0.05, 0) is 96.3 Å². The van der Waals surface area contributed by atoms with Crippen molar-refractivity contribution in [1.29, 1.82) is 0 Å². The van der Waals surface area contributed by atoms with Gasteiger partial charge in [0, 0.05) is 12.8 Å². The van der Waals surface area contributed by atoms with Crippen molar-refractivity contribution in [3.8, 4) is 0 Å². The number of rotatable bonds is 60. The summed E-state index contributed by atoms with van der Waals surface area (Å²) in [4.78, 5) is 38.3. The number of unbranched alkanes of at least 4 members (excludes halogenated alkanes) is 28. The van der Waals surface area contributed by atoms with Gasteiger partial charge in [0.2, 0.25) is 0 Å². The van der Waals surface area contributed by atoms with E-state index in [1.807, 2.05) is 6.08 Å². The predicted octanol–water partition coefficient (Wildman–Crippen LogP) is 23.3. The summed E-state index contributed by atoms with van der Waals surface area (Å²) in [5, 5.41) is 0. The highest BCUT2D eigenvalue weighted by Crippen LogP contribution is 2.17. The maximum atomic E-state index is 12.8. The smallest absolute Gasteiger partial charge is 0.310 e. The Labute approximate surface area is 500 Å². The Balaban J connectivity index is 4.27. The SMILES string of the molecule is CC/C=C\C/C=C\C/C=C\C/C=C\C/C=C\C/C=C\CCCCCCCCCCCCCCCCC(=O)OCC(COC(=O)CCCCCCCCCCCCCCCCC)OC(=O)C/C=C\C/C=C\C/C=C\C/C=C\C/C=C\CC. The van der Waals surface area contributed by atoms with Gasteiger partial charge < -0.3 is 14.2 Å². The molecule has 0 aromatic rings. The molecule has 0 saturated carbocycles. The van der Waals surface area contributed by atoms with E-state index in [0.29, 0.717) is 12.8 Å². The van der Waals surface area contributed by atoms with Crippen LogP contribution < -0.4 is 0 Å². The summed E-state index contributed by atoms with van der Waals surface area (Å²) in [6, 6.07) is 0. The molecule has 1 atom stereocenters. The van der Waals surface area contributed by atoms with E-state index >= 15 is 0 Å². The van der Waals surface area contributed by atoms with Crippen molar-refractivity contribution in [3.05, 3.63) is 134 Å². The molecule has 6 nitrogen and oxygen atoms in total. The Morgan fingerprint density at radius 2 is 0.519 bits per heavy atom. The molecule has 0 spiro atoms. The highest BCUT2D eigenvalue weighted by Gasteiger charge is 2.19. The Kier molecular flexibility index (Phi) is 64.3. The molecule has 0 N–H and O–H groups in total. The number of hydrogen-bond acceptors (Lipinski definition) is 6. The van der Waals surface area contributed by atoms with E-state index in [-0.39, 0.29) is 31.6 Å². The highest BCUT2D eigenvalue weighted by molar-refractivity contribution is 5.72. The van der Waals surface area contributed by atoms with Crippen LogP contribution in [0.25, 0.3) is 0 Å². The van der Waals surface area contributed by atoms with Crippen LogP contribution in [0.2, 0.25) is 0 Å². The van der Waals surface area contributed by atoms with E-state index in [2.05, 4.69) is 142 Å². The van der Waals surface area contributed by atoms with Gasteiger partial charge >= 0.3 is 17.9 Å². The predicted molar refractivity (Wildman–Crippen MR) is 353 cm³/mol. The molecule has 0 heterocycles. The number of ether oxygens (including phenoxy) is 3. The van der Waals surface area contributed by atoms with Crippen LogP contribution in [-0.2, 0) is 28.6 Å². The number of esters is 3. The molecule has 0 amide bonds. The topological polar surface area (TPSA) is 78.9 Å². The molecule has 0 rings (SSSR count). The molecular formula is C75H124O6. The maximum Gasteiger partial charge on any atom is 0.310 e. The third-order valence-corrected chi connectivity index (χ3v) is 14.2. The Morgan fingerprint density at radius 3 is 0.815 bits per heavy atom. The molecule has 0 aromatic carbocycles. The average molecular weight is 1120 g/mol. The Hall–Kier alpha value is -4.45. The number of carbonyl (C=O) groups is 3. The van der Waals surface area contributed by atoms with E-state index < -0.39 is 12.1 Å². The minimum absolute atomic E-state index is 0.0956. The minimum atomic E-state index is -0.834. The second-order valence-corrected chi connectivity index (χ2v) is 22.0. The lowest BCUT2D eigenvalue weighted by molar-refractivity contribution is -0.166. The van der Waals surface area contributed by atoms with Crippen LogP contribution in [0.4, 0.5) is 0 Å². The van der Waals surface area contributed by atoms with Gasteiger partial charge in [-0.2, -0.15) is 0 Å². The van der Waals surface area contributed by atoms with Crippen LogP contribution in [-0.4, -0.2) is 37.2 Å². The number of hydrogen-bond donors (Lipinski definition) is 0. The summed E-state index contributed by atoms with van der Waals surface area (Å²) in [5.74, 6) is -1.04. The lowest BCUT2D eigenvalue weighted by Gasteiger charge is -2.18. The molecular weight excluding hydrogens is 997 g/mol. The van der Waals surface area contributed by atoms with Gasteiger partial charge in [0.25, 0.3) is 0 Å². The van der Waals surface area contributed by atoms with Crippen LogP contribution in [0.15, 0.2) is 134 Å². The van der Waals surface area contributed by atoms with E-state index in [9.17, 15) is 14.4 Å². The van der Waals surface area contributed by atoms with Gasteiger partial charge in [-0.15, -0.1) is 0 Å². The first-order valence-electron chi connectivity index (χ1n) is 33.7. The molecule has 0 aliphatic heterocycles. The van der Waals surface area contributed by atoms with Crippen LogP contribution >= 0.6 is 0 Å². The summed E-state index contributed by atoms with van der Waals surface area (Å²) >= 11 is 0. The molecule has 6 heteroatoms. The highest BCUT2D eigenvalue weighted by atomic mass is 16.6. The lowest BCUT2D eigenvalue weighted by Crippen LogP contribution is -2.30. The molecule has 81 heavy (non-hydrogen) atoms. The monoisotopic (exact) mass is 1120 g/mol. The van der Waals surface area contributed by atoms with Crippen molar-refractivity contribution >= 4 is 17.9 Å². The third-order valence-electron chi connectivity index (χ3n) is 14.2. The molecule has 0 aliphatic carbocycles. The average Bonchev–Trinajstić information content (AvgIpc) is 3.47. The van der Waals surface area contributed by atoms with Gasteiger partial charge in [-0.3, -0.25) is 14.4 Å². The van der Waals surface area contributed by atoms with Gasteiger partial charge in [0.05, 0.1) is 6.42 Å². The summed E-state index contributed by atoms with van der Waals surface area (Å²) in [6.45, 7) is 6.35. The fraction of sp³-hybridized carbons (Fsp3) is 0.667. The van der Waals surface area contributed by atoms with Crippen LogP contribution in [0, 0.1) is 0 Å². The van der Waals surface area contributed by atoms with Gasteiger partial charge in [-0.1, -0.05) is 321 Å². The zero-order chi connectivity index (χ0) is 58.5. The van der Waals surface area contributed by atoms with Crippen LogP contribution in [0.5, 0.6) is 0 Å². The fourth-order valence-corrected chi connectivity index (χ4v) is 9.23. The van der Waals surface area contributed by atoms with E-state index in [1.54, 1.807) is 6.08 Å². The molecule has 0 aromatic heterocycles. The van der Waals surface area contributed by atoms with Gasteiger partial charge in [0.15, 0.2) is 6.10 Å². The molecule has 0 aliphatic rings. The minimum Gasteiger partial charge on any atom is -0.462 e. The summed E-state index contributed by atoms with van der Waals surface area (Å²) < 4.78 is 16.8. The fourth-order valence-electron chi connectivity index (χ4n) is 9.23. The molecule has 460 valence electrons. The lowest BCUT2D eigenvalue weighted by atomic mass is 10.0. The first kappa shape index (κ1) is 76.5. The van der Waals surface area contributed by atoms with E-state index in [4.69, 9.17) is 14.2 Å². The van der Waals surface area contributed by atoms with Crippen molar-refractivity contribution in [3.63, 3.8) is 0 Å². The van der Waals surface area contributed by atoms with Crippen molar-refractivity contribution in [2.45, 2.75) is 309 Å². The zero-order valence-electron chi connectivity index (χ0n) is 52.8. The maximum absolute atomic E-state index is 12.8. The first-order chi connectivity index (χ1) is 40.0. The Bertz CT molecular complexity index is 1720. The second kappa shape index (κ2) is 68.1.